The summed E-state index contributed by atoms with van der Waals surface area (Å²) in [5, 5.41) is 5.79. The van der Waals surface area contributed by atoms with Crippen molar-refractivity contribution in [2.75, 3.05) is 16.0 Å². The lowest BCUT2D eigenvalue weighted by Crippen LogP contribution is -2.31. The Balaban J connectivity index is 1.31. The molecule has 2 amide bonds. The zero-order valence-corrected chi connectivity index (χ0v) is 24.0. The number of carbonyl (C=O) groups is 2. The molecule has 0 atom stereocenters. The molecule has 0 radical (unpaired) electrons. The van der Waals surface area contributed by atoms with Gasteiger partial charge in [-0.05, 0) is 74.4 Å². The fourth-order valence-corrected chi connectivity index (χ4v) is 6.14. The molecule has 1 aliphatic heterocycles. The van der Waals surface area contributed by atoms with Crippen LogP contribution in [0.3, 0.4) is 0 Å². The molecule has 4 aromatic carbocycles. The van der Waals surface area contributed by atoms with Crippen molar-refractivity contribution < 1.29 is 9.59 Å². The standard InChI is InChI=1S/C34H30N4O2S/c1-4-37-30-13-9-8-12-26(30)27-19-24(15-17-31(27)37)20-29-33(40)38(25-10-6-5-7-11-25)34(36-29)41-21-32(39)35-28-16-14-22(2)18-23(28)3/h5-20H,4,21H2,1-3H3,(H,35,39)/b29-20+. The second kappa shape index (κ2) is 11.1. The first-order valence-electron chi connectivity index (χ1n) is 13.6. The van der Waals surface area contributed by atoms with E-state index in [-0.39, 0.29) is 17.6 Å². The lowest BCUT2D eigenvalue weighted by molar-refractivity contribution is -0.114. The van der Waals surface area contributed by atoms with Crippen LogP contribution in [-0.2, 0) is 16.1 Å². The molecular formula is C34H30N4O2S. The van der Waals surface area contributed by atoms with Crippen molar-refractivity contribution >= 4 is 68.0 Å². The summed E-state index contributed by atoms with van der Waals surface area (Å²) in [4.78, 5) is 32.9. The van der Waals surface area contributed by atoms with E-state index in [9.17, 15) is 9.59 Å². The molecule has 5 aromatic rings. The highest BCUT2D eigenvalue weighted by molar-refractivity contribution is 8.14. The average Bonchev–Trinajstić information content (AvgIpc) is 3.47. The van der Waals surface area contributed by atoms with Gasteiger partial charge in [0.25, 0.3) is 5.91 Å². The second-order valence-electron chi connectivity index (χ2n) is 10.1. The predicted octanol–water partition coefficient (Wildman–Crippen LogP) is 7.55. The van der Waals surface area contributed by atoms with Crippen LogP contribution in [0.15, 0.2) is 102 Å². The molecule has 0 bridgehead atoms. The van der Waals surface area contributed by atoms with Crippen molar-refractivity contribution in [1.29, 1.82) is 0 Å². The first-order chi connectivity index (χ1) is 19.9. The van der Waals surface area contributed by atoms with Crippen LogP contribution in [0.5, 0.6) is 0 Å². The van der Waals surface area contributed by atoms with Gasteiger partial charge in [0.05, 0.1) is 11.4 Å². The minimum absolute atomic E-state index is 0.124. The third kappa shape index (κ3) is 5.16. The van der Waals surface area contributed by atoms with Crippen LogP contribution in [-0.4, -0.2) is 27.3 Å². The SMILES string of the molecule is CCn1c2ccccc2c2cc(/C=C3/N=C(SCC(=O)Nc4ccc(C)cc4C)N(c4ccccc4)C3=O)ccc21. The van der Waals surface area contributed by atoms with Gasteiger partial charge in [0.2, 0.25) is 5.91 Å². The highest BCUT2D eigenvalue weighted by Crippen LogP contribution is 2.32. The number of carbonyl (C=O) groups excluding carboxylic acids is 2. The maximum absolute atomic E-state index is 13.7. The summed E-state index contributed by atoms with van der Waals surface area (Å²) in [6, 6.07) is 30.0. The van der Waals surface area contributed by atoms with E-state index >= 15 is 0 Å². The maximum Gasteiger partial charge on any atom is 0.283 e. The van der Waals surface area contributed by atoms with Crippen LogP contribution >= 0.6 is 11.8 Å². The molecule has 204 valence electrons. The Morgan fingerprint density at radius 3 is 2.44 bits per heavy atom. The summed E-state index contributed by atoms with van der Waals surface area (Å²) in [7, 11) is 0. The molecule has 0 unspecified atom stereocenters. The van der Waals surface area contributed by atoms with Crippen LogP contribution in [0.25, 0.3) is 27.9 Å². The Bertz CT molecular complexity index is 1870. The number of amidine groups is 1. The number of rotatable bonds is 6. The number of hydrogen-bond acceptors (Lipinski definition) is 4. The van der Waals surface area contributed by atoms with Gasteiger partial charge in [-0.3, -0.25) is 14.5 Å². The summed E-state index contributed by atoms with van der Waals surface area (Å²) in [5.41, 5.74) is 7.23. The molecule has 0 saturated carbocycles. The van der Waals surface area contributed by atoms with Crippen molar-refractivity contribution in [1.82, 2.24) is 4.57 Å². The molecule has 6 rings (SSSR count). The number of fused-ring (bicyclic) bond motifs is 3. The largest absolute Gasteiger partial charge is 0.341 e. The van der Waals surface area contributed by atoms with E-state index in [0.29, 0.717) is 16.6 Å². The first-order valence-corrected chi connectivity index (χ1v) is 14.6. The van der Waals surface area contributed by atoms with Crippen molar-refractivity contribution in [2.24, 2.45) is 4.99 Å². The molecule has 7 heteroatoms. The molecule has 0 spiro atoms. The van der Waals surface area contributed by atoms with Gasteiger partial charge in [-0.1, -0.05) is 71.9 Å². The van der Waals surface area contributed by atoms with Crippen LogP contribution in [0.1, 0.15) is 23.6 Å². The highest BCUT2D eigenvalue weighted by Gasteiger charge is 2.32. The second-order valence-corrected chi connectivity index (χ2v) is 11.0. The van der Waals surface area contributed by atoms with Crippen LogP contribution in [0, 0.1) is 13.8 Å². The molecule has 1 aliphatic rings. The minimum Gasteiger partial charge on any atom is -0.341 e. The van der Waals surface area contributed by atoms with E-state index < -0.39 is 0 Å². The molecule has 1 N–H and O–H groups in total. The van der Waals surface area contributed by atoms with Gasteiger partial charge in [-0.2, -0.15) is 0 Å². The van der Waals surface area contributed by atoms with Crippen molar-refractivity contribution in [3.63, 3.8) is 0 Å². The number of aryl methyl sites for hydroxylation is 3. The van der Waals surface area contributed by atoms with E-state index in [2.05, 4.69) is 53.2 Å². The molecule has 2 heterocycles. The highest BCUT2D eigenvalue weighted by atomic mass is 32.2. The predicted molar refractivity (Wildman–Crippen MR) is 171 cm³/mol. The quantitative estimate of drug-likeness (QED) is 0.219. The number of hydrogen-bond donors (Lipinski definition) is 1. The Hall–Kier alpha value is -4.62. The number of thioether (sulfide) groups is 1. The van der Waals surface area contributed by atoms with E-state index in [1.165, 1.54) is 22.7 Å². The Morgan fingerprint density at radius 1 is 0.902 bits per heavy atom. The summed E-state index contributed by atoms with van der Waals surface area (Å²) in [5.74, 6) is -0.247. The smallest absolute Gasteiger partial charge is 0.283 e. The van der Waals surface area contributed by atoms with E-state index in [1.807, 2.05) is 74.5 Å². The van der Waals surface area contributed by atoms with E-state index in [4.69, 9.17) is 4.99 Å². The van der Waals surface area contributed by atoms with Gasteiger partial charge in [0, 0.05) is 34.0 Å². The van der Waals surface area contributed by atoms with E-state index in [1.54, 1.807) is 4.90 Å². The van der Waals surface area contributed by atoms with Crippen LogP contribution < -0.4 is 10.2 Å². The Labute approximate surface area is 243 Å². The molecular weight excluding hydrogens is 528 g/mol. The molecule has 41 heavy (non-hydrogen) atoms. The van der Waals surface area contributed by atoms with Crippen molar-refractivity contribution in [2.45, 2.75) is 27.3 Å². The van der Waals surface area contributed by atoms with Gasteiger partial charge in [-0.25, -0.2) is 4.99 Å². The lowest BCUT2D eigenvalue weighted by Gasteiger charge is -2.17. The number of para-hydroxylation sites is 2. The molecule has 0 aliphatic carbocycles. The van der Waals surface area contributed by atoms with Crippen molar-refractivity contribution in [3.8, 4) is 0 Å². The fraction of sp³-hybridized carbons (Fsp3) is 0.147. The third-order valence-corrected chi connectivity index (χ3v) is 8.19. The van der Waals surface area contributed by atoms with Gasteiger partial charge in [0.1, 0.15) is 5.70 Å². The number of aliphatic imine (C=N–C) groups is 1. The lowest BCUT2D eigenvalue weighted by atomic mass is 10.1. The molecule has 0 fully saturated rings. The number of anilines is 2. The van der Waals surface area contributed by atoms with Gasteiger partial charge < -0.3 is 9.88 Å². The zero-order chi connectivity index (χ0) is 28.5. The molecule has 0 saturated heterocycles. The fourth-order valence-electron chi connectivity index (χ4n) is 5.33. The topological polar surface area (TPSA) is 66.7 Å². The molecule has 6 nitrogen and oxygen atoms in total. The summed E-state index contributed by atoms with van der Waals surface area (Å²) in [6.07, 6.45) is 1.83. The monoisotopic (exact) mass is 558 g/mol. The Morgan fingerprint density at radius 2 is 1.66 bits per heavy atom. The number of nitrogens with zero attached hydrogens (tertiary/aromatic N) is 3. The third-order valence-electron chi connectivity index (χ3n) is 7.25. The minimum atomic E-state index is -0.218. The summed E-state index contributed by atoms with van der Waals surface area (Å²) >= 11 is 1.25. The number of amides is 2. The average molecular weight is 559 g/mol. The number of nitrogens with one attached hydrogen (secondary N) is 1. The van der Waals surface area contributed by atoms with Crippen LogP contribution in [0.4, 0.5) is 11.4 Å². The van der Waals surface area contributed by atoms with Gasteiger partial charge in [-0.15, -0.1) is 0 Å². The van der Waals surface area contributed by atoms with Gasteiger partial charge in [0.15, 0.2) is 5.17 Å². The zero-order valence-electron chi connectivity index (χ0n) is 23.2. The number of benzene rings is 4. The first kappa shape index (κ1) is 26.6. The summed E-state index contributed by atoms with van der Waals surface area (Å²) < 4.78 is 2.30. The molecule has 1 aromatic heterocycles. The van der Waals surface area contributed by atoms with Crippen LogP contribution in [0.2, 0.25) is 0 Å². The van der Waals surface area contributed by atoms with Gasteiger partial charge >= 0.3 is 0 Å². The van der Waals surface area contributed by atoms with E-state index in [0.717, 1.165) is 39.8 Å². The Kier molecular flexibility index (Phi) is 7.20. The normalized spacial score (nSPS) is 14.3. The summed E-state index contributed by atoms with van der Waals surface area (Å²) in [6.45, 7) is 7.01. The number of aromatic nitrogens is 1. The maximum atomic E-state index is 13.7. The van der Waals surface area contributed by atoms with Crippen molar-refractivity contribution in [3.05, 3.63) is 113 Å².